The Morgan fingerprint density at radius 1 is 1.22 bits per heavy atom. The zero-order chi connectivity index (χ0) is 20.0. The van der Waals surface area contributed by atoms with Gasteiger partial charge in [-0.25, -0.2) is 8.78 Å². The van der Waals surface area contributed by atoms with E-state index in [0.29, 0.717) is 43.7 Å². The molecule has 1 aliphatic rings. The molecule has 0 bridgehead atoms. The summed E-state index contributed by atoms with van der Waals surface area (Å²) in [5, 5.41) is 10.1. The predicted molar refractivity (Wildman–Crippen MR) is 102 cm³/mol. The number of halogens is 2. The van der Waals surface area contributed by atoms with Gasteiger partial charge in [-0.2, -0.15) is 0 Å². The van der Waals surface area contributed by atoms with E-state index in [1.54, 1.807) is 7.11 Å². The number of methoxy groups -OCH3 is 1. The fourth-order valence-electron chi connectivity index (χ4n) is 3.01. The molecule has 1 fully saturated rings. The molecule has 0 amide bonds. The summed E-state index contributed by atoms with van der Waals surface area (Å²) in [6.07, 6.45) is -0.779. The van der Waals surface area contributed by atoms with Crippen LogP contribution in [0.3, 0.4) is 0 Å². The molecule has 0 radical (unpaired) electrons. The maximum absolute atomic E-state index is 13.3. The SMILES string of the molecule is COc1cc(CN2CCC(F)(F)CC2)ccc1OCC(O)CN(C)C(C)C. The van der Waals surface area contributed by atoms with Crippen LogP contribution in [0.4, 0.5) is 8.78 Å². The molecule has 1 aliphatic heterocycles. The van der Waals surface area contributed by atoms with Gasteiger partial charge in [-0.05, 0) is 38.6 Å². The van der Waals surface area contributed by atoms with Gasteiger partial charge in [0, 0.05) is 45.1 Å². The monoisotopic (exact) mass is 386 g/mol. The molecule has 1 aromatic carbocycles. The van der Waals surface area contributed by atoms with Crippen molar-refractivity contribution in [3.05, 3.63) is 23.8 Å². The number of likely N-dealkylation sites (N-methyl/N-ethyl adjacent to an activating group) is 1. The van der Waals surface area contributed by atoms with Crippen LogP contribution in [0.2, 0.25) is 0 Å². The molecular weight excluding hydrogens is 354 g/mol. The van der Waals surface area contributed by atoms with E-state index in [2.05, 4.69) is 18.7 Å². The quantitative estimate of drug-likeness (QED) is 0.707. The first-order chi connectivity index (χ1) is 12.7. The van der Waals surface area contributed by atoms with Crippen molar-refractivity contribution in [3.8, 4) is 11.5 Å². The van der Waals surface area contributed by atoms with Gasteiger partial charge >= 0.3 is 0 Å². The van der Waals surface area contributed by atoms with Gasteiger partial charge in [0.25, 0.3) is 5.92 Å². The molecule has 5 nitrogen and oxygen atoms in total. The highest BCUT2D eigenvalue weighted by molar-refractivity contribution is 5.43. The summed E-state index contributed by atoms with van der Waals surface area (Å²) in [6.45, 7) is 6.23. The lowest BCUT2D eigenvalue weighted by atomic mass is 10.1. The summed E-state index contributed by atoms with van der Waals surface area (Å²) in [5.41, 5.74) is 0.990. The summed E-state index contributed by atoms with van der Waals surface area (Å²) in [7, 11) is 3.52. The smallest absolute Gasteiger partial charge is 0.250 e. The van der Waals surface area contributed by atoms with Gasteiger partial charge < -0.3 is 19.5 Å². The molecule has 0 aliphatic carbocycles. The number of ether oxygens (including phenoxy) is 2. The summed E-state index contributed by atoms with van der Waals surface area (Å²) in [4.78, 5) is 4.08. The maximum atomic E-state index is 13.3. The normalized spacial score (nSPS) is 18.7. The molecular formula is C20H32F2N2O3. The van der Waals surface area contributed by atoms with Crippen LogP contribution in [0.5, 0.6) is 11.5 Å². The van der Waals surface area contributed by atoms with Gasteiger partial charge in [-0.3, -0.25) is 4.90 Å². The van der Waals surface area contributed by atoms with E-state index in [9.17, 15) is 13.9 Å². The van der Waals surface area contributed by atoms with Crippen molar-refractivity contribution in [3.63, 3.8) is 0 Å². The van der Waals surface area contributed by atoms with Crippen molar-refractivity contribution >= 4 is 0 Å². The number of aliphatic hydroxyl groups is 1. The molecule has 1 atom stereocenters. The molecule has 1 heterocycles. The molecule has 0 aromatic heterocycles. The molecule has 0 spiro atoms. The zero-order valence-corrected chi connectivity index (χ0v) is 16.8. The van der Waals surface area contributed by atoms with Crippen molar-refractivity contribution in [1.29, 1.82) is 0 Å². The molecule has 1 N–H and O–H groups in total. The largest absolute Gasteiger partial charge is 0.493 e. The standard InChI is InChI=1S/C20H32F2N2O3/c1-15(2)23(3)13-17(25)14-27-18-6-5-16(11-19(18)26-4)12-24-9-7-20(21,22)8-10-24/h5-6,11,15,17,25H,7-10,12-14H2,1-4H3. The number of piperidine rings is 1. The number of nitrogens with zero attached hydrogens (tertiary/aromatic N) is 2. The third-order valence-electron chi connectivity index (χ3n) is 5.03. The second-order valence-electron chi connectivity index (χ2n) is 7.62. The number of aliphatic hydroxyl groups excluding tert-OH is 1. The lowest BCUT2D eigenvalue weighted by Gasteiger charge is -2.31. The lowest BCUT2D eigenvalue weighted by Crippen LogP contribution is -2.38. The van der Waals surface area contributed by atoms with Gasteiger partial charge in [-0.1, -0.05) is 6.07 Å². The van der Waals surface area contributed by atoms with E-state index in [-0.39, 0.29) is 19.4 Å². The van der Waals surface area contributed by atoms with Crippen LogP contribution in [0.25, 0.3) is 0 Å². The maximum Gasteiger partial charge on any atom is 0.250 e. The fraction of sp³-hybridized carbons (Fsp3) is 0.700. The van der Waals surface area contributed by atoms with Crippen molar-refractivity contribution in [2.75, 3.05) is 40.4 Å². The van der Waals surface area contributed by atoms with E-state index in [1.165, 1.54) is 0 Å². The number of likely N-dealkylation sites (tertiary alicyclic amines) is 1. The molecule has 154 valence electrons. The first kappa shape index (κ1) is 21.9. The molecule has 1 saturated heterocycles. The van der Waals surface area contributed by atoms with E-state index in [4.69, 9.17) is 9.47 Å². The number of benzene rings is 1. The Kier molecular flexibility index (Phi) is 7.82. The Morgan fingerprint density at radius 2 is 1.89 bits per heavy atom. The van der Waals surface area contributed by atoms with Crippen LogP contribution in [0, 0.1) is 0 Å². The van der Waals surface area contributed by atoms with Crippen molar-refractivity contribution in [2.45, 2.75) is 51.3 Å². The lowest BCUT2D eigenvalue weighted by molar-refractivity contribution is -0.0566. The third kappa shape index (κ3) is 6.90. The van der Waals surface area contributed by atoms with Gasteiger partial charge in [0.15, 0.2) is 11.5 Å². The minimum absolute atomic E-state index is 0.0892. The summed E-state index contributed by atoms with van der Waals surface area (Å²) >= 11 is 0. The molecule has 1 aromatic rings. The van der Waals surface area contributed by atoms with E-state index in [0.717, 1.165) is 5.56 Å². The second kappa shape index (κ2) is 9.66. The number of hydrogen-bond acceptors (Lipinski definition) is 5. The fourth-order valence-corrected chi connectivity index (χ4v) is 3.01. The van der Waals surface area contributed by atoms with Gasteiger partial charge in [0.1, 0.15) is 12.7 Å². The summed E-state index contributed by atoms with van der Waals surface area (Å²) in [6, 6.07) is 5.94. The van der Waals surface area contributed by atoms with E-state index < -0.39 is 12.0 Å². The highest BCUT2D eigenvalue weighted by atomic mass is 19.3. The average molecular weight is 386 g/mol. The third-order valence-corrected chi connectivity index (χ3v) is 5.03. The predicted octanol–water partition coefficient (Wildman–Crippen LogP) is 3.01. The van der Waals surface area contributed by atoms with Crippen LogP contribution in [-0.4, -0.2) is 73.4 Å². The Labute approximate surface area is 160 Å². The highest BCUT2D eigenvalue weighted by Gasteiger charge is 2.33. The first-order valence-electron chi connectivity index (χ1n) is 9.48. The second-order valence-corrected chi connectivity index (χ2v) is 7.62. The molecule has 27 heavy (non-hydrogen) atoms. The summed E-state index contributed by atoms with van der Waals surface area (Å²) in [5.74, 6) is -1.38. The van der Waals surface area contributed by atoms with E-state index in [1.807, 2.05) is 30.1 Å². The Bertz CT molecular complexity index is 589. The highest BCUT2D eigenvalue weighted by Crippen LogP contribution is 2.31. The Balaban J connectivity index is 1.90. The van der Waals surface area contributed by atoms with Crippen molar-refractivity contribution < 1.29 is 23.4 Å². The van der Waals surface area contributed by atoms with Crippen LogP contribution in [0.1, 0.15) is 32.3 Å². The first-order valence-corrected chi connectivity index (χ1v) is 9.48. The van der Waals surface area contributed by atoms with Gasteiger partial charge in [0.05, 0.1) is 7.11 Å². The number of rotatable bonds is 9. The summed E-state index contributed by atoms with van der Waals surface area (Å²) < 4.78 is 37.7. The van der Waals surface area contributed by atoms with Crippen molar-refractivity contribution in [1.82, 2.24) is 9.80 Å². The van der Waals surface area contributed by atoms with Crippen LogP contribution in [0.15, 0.2) is 18.2 Å². The zero-order valence-electron chi connectivity index (χ0n) is 16.8. The number of alkyl halides is 2. The molecule has 0 saturated carbocycles. The molecule has 7 heteroatoms. The Morgan fingerprint density at radius 3 is 2.48 bits per heavy atom. The van der Waals surface area contributed by atoms with Gasteiger partial charge in [-0.15, -0.1) is 0 Å². The topological polar surface area (TPSA) is 45.2 Å². The molecule has 1 unspecified atom stereocenters. The van der Waals surface area contributed by atoms with Crippen LogP contribution in [-0.2, 0) is 6.54 Å². The minimum Gasteiger partial charge on any atom is -0.493 e. The number of hydrogen-bond donors (Lipinski definition) is 1. The molecule has 2 rings (SSSR count). The average Bonchev–Trinajstić information content (AvgIpc) is 2.62. The van der Waals surface area contributed by atoms with Crippen molar-refractivity contribution in [2.24, 2.45) is 0 Å². The van der Waals surface area contributed by atoms with Gasteiger partial charge in [0.2, 0.25) is 0 Å². The van der Waals surface area contributed by atoms with E-state index >= 15 is 0 Å². The minimum atomic E-state index is -2.53. The van der Waals surface area contributed by atoms with Crippen LogP contribution < -0.4 is 9.47 Å². The Hall–Kier alpha value is -1.44. The van der Waals surface area contributed by atoms with Crippen LogP contribution >= 0.6 is 0 Å².